The van der Waals surface area contributed by atoms with Gasteiger partial charge in [0, 0.05) is 12.1 Å². The number of nitrogens with one attached hydrogen (secondary N) is 1. The minimum absolute atomic E-state index is 0.152. The molecule has 4 heteroatoms. The Labute approximate surface area is 94.1 Å². The van der Waals surface area contributed by atoms with Crippen LogP contribution >= 0.6 is 0 Å². The molecule has 1 aromatic carbocycles. The number of benzene rings is 1. The van der Waals surface area contributed by atoms with Gasteiger partial charge in [0.15, 0.2) is 0 Å². The molecule has 1 aromatic rings. The third-order valence-corrected chi connectivity index (χ3v) is 3.08. The number of rotatable bonds is 3. The molecule has 0 radical (unpaired) electrons. The van der Waals surface area contributed by atoms with E-state index in [1.165, 1.54) is 12.1 Å². The topological polar surface area (TPSA) is 61.8 Å². The molecule has 84 valence electrons. The average molecular weight is 219 g/mol. The molecule has 0 atom stereocenters. The quantitative estimate of drug-likeness (QED) is 0.817. The molecular weight excluding hydrogens is 205 g/mol. The number of hydrogen-bond donors (Lipinski definition) is 2. The van der Waals surface area contributed by atoms with Crippen LogP contribution in [0.1, 0.15) is 24.8 Å². The second-order valence-corrected chi connectivity index (χ2v) is 4.37. The molecule has 0 aromatic heterocycles. The van der Waals surface area contributed by atoms with Crippen LogP contribution in [0.5, 0.6) is 0 Å². The zero-order valence-electron chi connectivity index (χ0n) is 8.96. The van der Waals surface area contributed by atoms with Crippen molar-refractivity contribution in [3.05, 3.63) is 29.6 Å². The van der Waals surface area contributed by atoms with Crippen LogP contribution in [0.4, 0.5) is 10.1 Å². The fourth-order valence-corrected chi connectivity index (χ4v) is 1.84. The maximum Gasteiger partial charge on any atom is 0.124 e. The number of nitrogens with two attached hydrogens (primary N) is 1. The van der Waals surface area contributed by atoms with Crippen molar-refractivity contribution in [3.63, 3.8) is 0 Å². The minimum Gasteiger partial charge on any atom is -0.382 e. The van der Waals surface area contributed by atoms with Gasteiger partial charge in [-0.3, -0.25) is 0 Å². The highest BCUT2D eigenvalue weighted by atomic mass is 19.1. The summed E-state index contributed by atoms with van der Waals surface area (Å²) in [5.41, 5.74) is 6.88. The Morgan fingerprint density at radius 1 is 1.50 bits per heavy atom. The average Bonchev–Trinajstić information content (AvgIpc) is 2.24. The van der Waals surface area contributed by atoms with Gasteiger partial charge in [0.2, 0.25) is 0 Å². The van der Waals surface area contributed by atoms with Gasteiger partial charge in [-0.15, -0.1) is 0 Å². The van der Waals surface area contributed by atoms with Crippen LogP contribution < -0.4 is 11.1 Å². The molecule has 1 saturated carbocycles. The number of nitrogens with zero attached hydrogens (tertiary/aromatic N) is 1. The molecule has 0 spiro atoms. The van der Waals surface area contributed by atoms with Crippen LogP contribution in [0.3, 0.4) is 0 Å². The Hall–Kier alpha value is -1.60. The predicted molar refractivity (Wildman–Crippen MR) is 60.4 cm³/mol. The Bertz CT molecular complexity index is 432. The van der Waals surface area contributed by atoms with E-state index in [9.17, 15) is 4.39 Å². The Morgan fingerprint density at radius 2 is 2.25 bits per heavy atom. The van der Waals surface area contributed by atoms with Crippen LogP contribution in [-0.2, 0) is 0 Å². The van der Waals surface area contributed by atoms with Crippen molar-refractivity contribution in [3.8, 4) is 6.07 Å². The number of hydrogen-bond acceptors (Lipinski definition) is 3. The summed E-state index contributed by atoms with van der Waals surface area (Å²) in [5.74, 6) is -0.395. The molecule has 0 amide bonds. The SMILES string of the molecule is N#Cc1cc(F)ccc1NCC1(N)CCC1. The first-order valence-electron chi connectivity index (χ1n) is 5.35. The Morgan fingerprint density at radius 3 is 2.81 bits per heavy atom. The molecule has 3 N–H and O–H groups in total. The molecule has 2 rings (SSSR count). The van der Waals surface area contributed by atoms with Gasteiger partial charge in [-0.25, -0.2) is 4.39 Å². The van der Waals surface area contributed by atoms with Crippen molar-refractivity contribution in [2.75, 3.05) is 11.9 Å². The lowest BCUT2D eigenvalue weighted by atomic mass is 9.78. The highest BCUT2D eigenvalue weighted by molar-refractivity contribution is 5.57. The summed E-state index contributed by atoms with van der Waals surface area (Å²) in [5, 5.41) is 12.0. The van der Waals surface area contributed by atoms with E-state index in [1.54, 1.807) is 6.07 Å². The Balaban J connectivity index is 2.07. The summed E-state index contributed by atoms with van der Waals surface area (Å²) < 4.78 is 12.9. The predicted octanol–water partition coefficient (Wildman–Crippen LogP) is 1.99. The fraction of sp³-hybridized carbons (Fsp3) is 0.417. The van der Waals surface area contributed by atoms with Gasteiger partial charge in [0.05, 0.1) is 11.3 Å². The van der Waals surface area contributed by atoms with Crippen LogP contribution in [0, 0.1) is 17.1 Å². The van der Waals surface area contributed by atoms with Gasteiger partial charge in [0.25, 0.3) is 0 Å². The van der Waals surface area contributed by atoms with E-state index in [1.807, 2.05) is 6.07 Å². The first-order chi connectivity index (χ1) is 7.63. The van der Waals surface area contributed by atoms with Crippen molar-refractivity contribution < 1.29 is 4.39 Å². The van der Waals surface area contributed by atoms with Gasteiger partial charge >= 0.3 is 0 Å². The van der Waals surface area contributed by atoms with Gasteiger partial charge in [-0.1, -0.05) is 0 Å². The van der Waals surface area contributed by atoms with Crippen molar-refractivity contribution in [2.24, 2.45) is 5.73 Å². The molecule has 0 aliphatic heterocycles. The second kappa shape index (κ2) is 4.11. The summed E-state index contributed by atoms with van der Waals surface area (Å²) >= 11 is 0. The summed E-state index contributed by atoms with van der Waals surface area (Å²) in [4.78, 5) is 0. The van der Waals surface area contributed by atoms with E-state index in [0.29, 0.717) is 17.8 Å². The van der Waals surface area contributed by atoms with E-state index in [2.05, 4.69) is 5.32 Å². The minimum atomic E-state index is -0.395. The van der Waals surface area contributed by atoms with Crippen LogP contribution in [-0.4, -0.2) is 12.1 Å². The number of nitriles is 1. The highest BCUT2D eigenvalue weighted by Crippen LogP contribution is 2.29. The van der Waals surface area contributed by atoms with Crippen LogP contribution in [0.15, 0.2) is 18.2 Å². The van der Waals surface area contributed by atoms with Gasteiger partial charge in [0.1, 0.15) is 11.9 Å². The smallest absolute Gasteiger partial charge is 0.124 e. The fourth-order valence-electron chi connectivity index (χ4n) is 1.84. The van der Waals surface area contributed by atoms with Crippen LogP contribution in [0.2, 0.25) is 0 Å². The third kappa shape index (κ3) is 2.15. The zero-order valence-corrected chi connectivity index (χ0v) is 8.96. The first kappa shape index (κ1) is 10.9. The molecule has 0 unspecified atom stereocenters. The Kier molecular flexibility index (Phi) is 2.80. The van der Waals surface area contributed by atoms with Gasteiger partial charge < -0.3 is 11.1 Å². The lowest BCUT2D eigenvalue weighted by molar-refractivity contribution is 0.265. The van der Waals surface area contributed by atoms with E-state index < -0.39 is 5.82 Å². The van der Waals surface area contributed by atoms with Crippen molar-refractivity contribution >= 4 is 5.69 Å². The normalized spacial score (nSPS) is 17.3. The second-order valence-electron chi connectivity index (χ2n) is 4.37. The molecule has 1 aliphatic rings. The monoisotopic (exact) mass is 219 g/mol. The largest absolute Gasteiger partial charge is 0.382 e. The van der Waals surface area contributed by atoms with E-state index >= 15 is 0 Å². The summed E-state index contributed by atoms with van der Waals surface area (Å²) in [7, 11) is 0. The van der Waals surface area contributed by atoms with Gasteiger partial charge in [-0.05, 0) is 37.5 Å². The van der Waals surface area contributed by atoms with Crippen molar-refractivity contribution in [1.82, 2.24) is 0 Å². The van der Waals surface area contributed by atoms with E-state index in [-0.39, 0.29) is 5.54 Å². The molecular formula is C12H14FN3. The number of anilines is 1. The summed E-state index contributed by atoms with van der Waals surface area (Å²) in [6, 6.07) is 6.11. The summed E-state index contributed by atoms with van der Waals surface area (Å²) in [6.07, 6.45) is 3.17. The lowest BCUT2D eigenvalue weighted by Crippen LogP contribution is -2.52. The molecule has 0 heterocycles. The van der Waals surface area contributed by atoms with Crippen molar-refractivity contribution in [1.29, 1.82) is 5.26 Å². The standard InChI is InChI=1S/C12H14FN3/c13-10-2-3-11(9(6-10)7-14)16-8-12(15)4-1-5-12/h2-3,6,16H,1,4-5,8,15H2. The highest BCUT2D eigenvalue weighted by Gasteiger charge is 2.32. The molecule has 3 nitrogen and oxygen atoms in total. The summed E-state index contributed by atoms with van der Waals surface area (Å²) in [6.45, 7) is 0.632. The first-order valence-corrected chi connectivity index (χ1v) is 5.35. The molecule has 1 aliphatic carbocycles. The number of halogens is 1. The van der Waals surface area contributed by atoms with E-state index in [0.717, 1.165) is 19.3 Å². The lowest BCUT2D eigenvalue weighted by Gasteiger charge is -2.38. The third-order valence-electron chi connectivity index (χ3n) is 3.08. The molecule has 1 fully saturated rings. The zero-order chi connectivity index (χ0) is 11.6. The molecule has 0 saturated heterocycles. The molecule has 16 heavy (non-hydrogen) atoms. The van der Waals surface area contributed by atoms with Crippen LogP contribution in [0.25, 0.3) is 0 Å². The maximum atomic E-state index is 12.9. The van der Waals surface area contributed by atoms with Crippen molar-refractivity contribution in [2.45, 2.75) is 24.8 Å². The van der Waals surface area contributed by atoms with E-state index in [4.69, 9.17) is 11.0 Å². The molecule has 0 bridgehead atoms. The van der Waals surface area contributed by atoms with Gasteiger partial charge in [-0.2, -0.15) is 5.26 Å². The maximum absolute atomic E-state index is 12.9.